The number of morpholine rings is 1. The standard InChI is InChI=1S/C25H34N4O4/c1-18-16-29(17-19(2)33-18)24(30)21-9-7-20(8-10-21)14-26-25(31)27-15-22(23-6-5-13-32-23)28-11-3-4-12-28/h5-10,13,18-19,22H,3-4,11-12,14-17H2,1-2H3,(H2,26,27,31). The Morgan fingerprint density at radius 2 is 1.73 bits per heavy atom. The van der Waals surface area contributed by atoms with Gasteiger partial charge in [0.05, 0.1) is 24.5 Å². The van der Waals surface area contributed by atoms with Crippen LogP contribution < -0.4 is 10.6 Å². The van der Waals surface area contributed by atoms with E-state index in [2.05, 4.69) is 15.5 Å². The van der Waals surface area contributed by atoms with Crippen LogP contribution in [0.1, 0.15) is 54.4 Å². The van der Waals surface area contributed by atoms with Crippen LogP contribution in [-0.2, 0) is 11.3 Å². The predicted molar refractivity (Wildman–Crippen MR) is 125 cm³/mol. The monoisotopic (exact) mass is 454 g/mol. The van der Waals surface area contributed by atoms with Crippen LogP contribution in [0, 0.1) is 0 Å². The fraction of sp³-hybridized carbons (Fsp3) is 0.520. The Morgan fingerprint density at radius 3 is 2.36 bits per heavy atom. The molecule has 3 unspecified atom stereocenters. The molecule has 2 N–H and O–H groups in total. The van der Waals surface area contributed by atoms with Crippen LogP contribution in [0.3, 0.4) is 0 Å². The molecule has 2 aliphatic rings. The van der Waals surface area contributed by atoms with Gasteiger partial charge >= 0.3 is 6.03 Å². The lowest BCUT2D eigenvalue weighted by atomic mass is 10.1. The molecule has 2 saturated heterocycles. The van der Waals surface area contributed by atoms with Gasteiger partial charge in [-0.1, -0.05) is 12.1 Å². The summed E-state index contributed by atoms with van der Waals surface area (Å²) in [6.45, 7) is 8.08. The number of nitrogens with one attached hydrogen (secondary N) is 2. The smallest absolute Gasteiger partial charge is 0.315 e. The Bertz CT molecular complexity index is 899. The van der Waals surface area contributed by atoms with Gasteiger partial charge in [0.15, 0.2) is 0 Å². The van der Waals surface area contributed by atoms with E-state index in [4.69, 9.17) is 9.15 Å². The van der Waals surface area contributed by atoms with E-state index < -0.39 is 0 Å². The van der Waals surface area contributed by atoms with Gasteiger partial charge in [-0.25, -0.2) is 4.79 Å². The van der Waals surface area contributed by atoms with Crippen molar-refractivity contribution in [1.29, 1.82) is 0 Å². The van der Waals surface area contributed by atoms with Gasteiger partial charge < -0.3 is 24.7 Å². The van der Waals surface area contributed by atoms with Gasteiger partial charge in [0.25, 0.3) is 5.91 Å². The number of benzene rings is 1. The van der Waals surface area contributed by atoms with Crippen molar-refractivity contribution in [2.75, 3.05) is 32.7 Å². The number of likely N-dealkylation sites (tertiary alicyclic amines) is 1. The average Bonchev–Trinajstić information content (AvgIpc) is 3.52. The highest BCUT2D eigenvalue weighted by atomic mass is 16.5. The van der Waals surface area contributed by atoms with Crippen LogP contribution in [-0.4, -0.2) is 66.7 Å². The van der Waals surface area contributed by atoms with Crippen molar-refractivity contribution in [2.24, 2.45) is 0 Å². The summed E-state index contributed by atoms with van der Waals surface area (Å²) in [5, 5.41) is 5.88. The van der Waals surface area contributed by atoms with E-state index in [1.165, 1.54) is 12.8 Å². The quantitative estimate of drug-likeness (QED) is 0.671. The Morgan fingerprint density at radius 1 is 1.03 bits per heavy atom. The Labute approximate surface area is 195 Å². The molecule has 1 aromatic carbocycles. The largest absolute Gasteiger partial charge is 0.468 e. The number of rotatable bonds is 7. The predicted octanol–water partition coefficient (Wildman–Crippen LogP) is 3.17. The average molecular weight is 455 g/mol. The molecule has 0 aliphatic carbocycles. The summed E-state index contributed by atoms with van der Waals surface area (Å²) in [6.07, 6.45) is 4.10. The number of hydrogen-bond acceptors (Lipinski definition) is 5. The van der Waals surface area contributed by atoms with Crippen molar-refractivity contribution in [3.8, 4) is 0 Å². The minimum atomic E-state index is -0.220. The molecule has 0 spiro atoms. The molecule has 178 valence electrons. The van der Waals surface area contributed by atoms with E-state index >= 15 is 0 Å². The van der Waals surface area contributed by atoms with Crippen LogP contribution in [0.4, 0.5) is 4.79 Å². The normalized spacial score (nSPS) is 22.2. The highest BCUT2D eigenvalue weighted by Gasteiger charge is 2.27. The van der Waals surface area contributed by atoms with Crippen molar-refractivity contribution >= 4 is 11.9 Å². The number of nitrogens with zero attached hydrogens (tertiary/aromatic N) is 2. The van der Waals surface area contributed by atoms with Crippen LogP contribution in [0.2, 0.25) is 0 Å². The van der Waals surface area contributed by atoms with Crippen molar-refractivity contribution in [2.45, 2.75) is 51.5 Å². The Hall–Kier alpha value is -2.84. The van der Waals surface area contributed by atoms with Crippen molar-refractivity contribution in [3.05, 3.63) is 59.5 Å². The zero-order valence-electron chi connectivity index (χ0n) is 19.5. The molecular formula is C25H34N4O4. The van der Waals surface area contributed by atoms with Crippen LogP contribution in [0.25, 0.3) is 0 Å². The van der Waals surface area contributed by atoms with Gasteiger partial charge in [-0.15, -0.1) is 0 Å². The maximum Gasteiger partial charge on any atom is 0.315 e. The summed E-state index contributed by atoms with van der Waals surface area (Å²) in [5.74, 6) is 0.890. The zero-order valence-corrected chi connectivity index (χ0v) is 19.5. The Kier molecular flexibility index (Phi) is 7.67. The third kappa shape index (κ3) is 6.15. The highest BCUT2D eigenvalue weighted by molar-refractivity contribution is 5.94. The first-order chi connectivity index (χ1) is 16.0. The van der Waals surface area contributed by atoms with Gasteiger partial charge in [-0.3, -0.25) is 9.69 Å². The minimum absolute atomic E-state index is 0.0140. The molecular weight excluding hydrogens is 420 g/mol. The maximum atomic E-state index is 12.8. The van der Waals surface area contributed by atoms with Crippen molar-refractivity contribution in [1.82, 2.24) is 20.4 Å². The van der Waals surface area contributed by atoms with E-state index in [0.717, 1.165) is 24.4 Å². The Balaban J connectivity index is 1.25. The molecule has 0 radical (unpaired) electrons. The molecule has 0 bridgehead atoms. The number of carbonyl (C=O) groups excluding carboxylic acids is 2. The van der Waals surface area contributed by atoms with Crippen molar-refractivity contribution < 1.29 is 18.7 Å². The number of ether oxygens (including phenoxy) is 1. The summed E-state index contributed by atoms with van der Waals surface area (Å²) >= 11 is 0. The molecule has 4 rings (SSSR count). The first kappa shape index (κ1) is 23.3. The first-order valence-corrected chi connectivity index (χ1v) is 11.8. The lowest BCUT2D eigenvalue weighted by molar-refractivity contribution is -0.0586. The van der Waals surface area contributed by atoms with E-state index in [1.54, 1.807) is 6.26 Å². The number of carbonyl (C=O) groups is 2. The molecule has 33 heavy (non-hydrogen) atoms. The summed E-state index contributed by atoms with van der Waals surface area (Å²) in [7, 11) is 0. The number of urea groups is 1. The summed E-state index contributed by atoms with van der Waals surface area (Å²) < 4.78 is 11.3. The minimum Gasteiger partial charge on any atom is -0.468 e. The fourth-order valence-corrected chi connectivity index (χ4v) is 4.67. The molecule has 0 saturated carbocycles. The molecule has 8 heteroatoms. The van der Waals surface area contributed by atoms with Gasteiger partial charge in [0.1, 0.15) is 5.76 Å². The second kappa shape index (κ2) is 10.9. The molecule has 2 aliphatic heterocycles. The third-order valence-corrected chi connectivity index (χ3v) is 6.27. The molecule has 3 heterocycles. The van der Waals surface area contributed by atoms with Gasteiger partial charge in [0.2, 0.25) is 0 Å². The van der Waals surface area contributed by atoms with E-state index in [1.807, 2.05) is 55.1 Å². The summed E-state index contributed by atoms with van der Waals surface area (Å²) in [4.78, 5) is 29.4. The molecule has 2 aromatic rings. The second-order valence-corrected chi connectivity index (χ2v) is 9.00. The van der Waals surface area contributed by atoms with E-state index in [9.17, 15) is 9.59 Å². The van der Waals surface area contributed by atoms with Gasteiger partial charge in [0, 0.05) is 31.7 Å². The topological polar surface area (TPSA) is 87.1 Å². The van der Waals surface area contributed by atoms with E-state index in [-0.39, 0.29) is 30.2 Å². The summed E-state index contributed by atoms with van der Waals surface area (Å²) in [5.41, 5.74) is 1.59. The fourth-order valence-electron chi connectivity index (χ4n) is 4.67. The highest BCUT2D eigenvalue weighted by Crippen LogP contribution is 2.24. The molecule has 8 nitrogen and oxygen atoms in total. The molecule has 1 aromatic heterocycles. The molecule has 3 amide bonds. The SMILES string of the molecule is CC1CN(C(=O)c2ccc(CNC(=O)NCC(c3ccco3)N3CCCC3)cc2)CC(C)O1. The second-order valence-electron chi connectivity index (χ2n) is 9.00. The number of amides is 3. The molecule has 2 fully saturated rings. The summed E-state index contributed by atoms with van der Waals surface area (Å²) in [6, 6.07) is 11.1. The zero-order chi connectivity index (χ0) is 23.2. The lowest BCUT2D eigenvalue weighted by Crippen LogP contribution is -2.48. The van der Waals surface area contributed by atoms with E-state index in [0.29, 0.717) is 31.7 Å². The van der Waals surface area contributed by atoms with Crippen LogP contribution >= 0.6 is 0 Å². The first-order valence-electron chi connectivity index (χ1n) is 11.8. The van der Waals surface area contributed by atoms with Crippen molar-refractivity contribution in [3.63, 3.8) is 0 Å². The number of furan rings is 1. The molecule has 3 atom stereocenters. The lowest BCUT2D eigenvalue weighted by Gasteiger charge is -2.35. The van der Waals surface area contributed by atoms with Gasteiger partial charge in [-0.05, 0) is 69.6 Å². The van der Waals surface area contributed by atoms with Crippen LogP contribution in [0.5, 0.6) is 0 Å². The van der Waals surface area contributed by atoms with Crippen LogP contribution in [0.15, 0.2) is 47.1 Å². The van der Waals surface area contributed by atoms with Gasteiger partial charge in [-0.2, -0.15) is 0 Å². The third-order valence-electron chi connectivity index (χ3n) is 6.27. The number of hydrogen-bond donors (Lipinski definition) is 2. The maximum absolute atomic E-state index is 12.8.